The van der Waals surface area contributed by atoms with Gasteiger partial charge in [-0.25, -0.2) is 0 Å². The predicted octanol–water partition coefficient (Wildman–Crippen LogP) is 1.39. The van der Waals surface area contributed by atoms with Crippen molar-refractivity contribution in [1.29, 1.82) is 0 Å². The van der Waals surface area contributed by atoms with Gasteiger partial charge in [0.05, 0.1) is 0 Å². The average molecular weight is 227 g/mol. The lowest BCUT2D eigenvalue weighted by Crippen LogP contribution is -2.54. The average Bonchev–Trinajstić information content (AvgIpc) is 2.36. The highest BCUT2D eigenvalue weighted by atomic mass is 15.3. The maximum absolute atomic E-state index is 5.97. The van der Waals surface area contributed by atoms with Crippen LogP contribution >= 0.6 is 0 Å². The molecular weight excluding hydrogens is 198 g/mol. The first-order chi connectivity index (χ1) is 7.76. The fourth-order valence-corrected chi connectivity index (χ4v) is 2.88. The van der Waals surface area contributed by atoms with Gasteiger partial charge in [-0.3, -0.25) is 4.90 Å². The third-order valence-electron chi connectivity index (χ3n) is 4.16. The number of rotatable bonds is 6. The van der Waals surface area contributed by atoms with Crippen LogP contribution in [0.3, 0.4) is 0 Å². The molecule has 0 saturated carbocycles. The van der Waals surface area contributed by atoms with E-state index in [-0.39, 0.29) is 0 Å². The summed E-state index contributed by atoms with van der Waals surface area (Å²) in [4.78, 5) is 5.14. The van der Waals surface area contributed by atoms with Crippen molar-refractivity contribution in [3.63, 3.8) is 0 Å². The van der Waals surface area contributed by atoms with Gasteiger partial charge in [-0.2, -0.15) is 0 Å². The molecule has 1 aliphatic rings. The lowest BCUT2D eigenvalue weighted by atomic mass is 9.92. The van der Waals surface area contributed by atoms with Crippen molar-refractivity contribution in [3.05, 3.63) is 0 Å². The summed E-state index contributed by atoms with van der Waals surface area (Å²) < 4.78 is 0. The Morgan fingerprint density at radius 1 is 1.00 bits per heavy atom. The second-order valence-corrected chi connectivity index (χ2v) is 4.85. The summed E-state index contributed by atoms with van der Waals surface area (Å²) in [6.45, 7) is 13.7. The molecule has 0 amide bonds. The first kappa shape index (κ1) is 13.9. The second kappa shape index (κ2) is 7.25. The fourth-order valence-electron chi connectivity index (χ4n) is 2.88. The van der Waals surface area contributed by atoms with Crippen LogP contribution < -0.4 is 5.73 Å². The Hall–Kier alpha value is -0.120. The van der Waals surface area contributed by atoms with Crippen LogP contribution in [0.15, 0.2) is 0 Å². The number of nitrogens with zero attached hydrogens (tertiary/aromatic N) is 2. The first-order valence-corrected chi connectivity index (χ1v) is 6.93. The summed E-state index contributed by atoms with van der Waals surface area (Å²) in [7, 11) is 0. The van der Waals surface area contributed by atoms with Gasteiger partial charge in [0.25, 0.3) is 0 Å². The molecule has 1 unspecified atom stereocenters. The Morgan fingerprint density at radius 3 is 1.94 bits per heavy atom. The molecule has 2 N–H and O–H groups in total. The van der Waals surface area contributed by atoms with Crippen molar-refractivity contribution in [3.8, 4) is 0 Å². The molecule has 0 aromatic rings. The maximum Gasteiger partial charge on any atom is 0.0247 e. The van der Waals surface area contributed by atoms with Crippen LogP contribution in [0.2, 0.25) is 0 Å². The minimum atomic E-state index is 0.606. The van der Waals surface area contributed by atoms with Crippen LogP contribution in [0.5, 0.6) is 0 Å². The van der Waals surface area contributed by atoms with Gasteiger partial charge < -0.3 is 10.6 Å². The highest BCUT2D eigenvalue weighted by Crippen LogP contribution is 2.19. The highest BCUT2D eigenvalue weighted by Gasteiger charge is 2.26. The fraction of sp³-hybridized carbons (Fsp3) is 1.00. The molecule has 3 nitrogen and oxygen atoms in total. The number of hydrogen-bond acceptors (Lipinski definition) is 3. The van der Waals surface area contributed by atoms with Crippen LogP contribution in [-0.2, 0) is 0 Å². The van der Waals surface area contributed by atoms with E-state index in [9.17, 15) is 0 Å². The number of likely N-dealkylation sites (N-methyl/N-ethyl adjacent to an activating group) is 1. The zero-order chi connectivity index (χ0) is 12.0. The molecule has 1 aliphatic heterocycles. The largest absolute Gasteiger partial charge is 0.329 e. The molecule has 1 fully saturated rings. The molecule has 16 heavy (non-hydrogen) atoms. The standard InChI is InChI=1S/C13H29N3/c1-4-12(5-2)13(11-14)16-9-7-15(6-3)8-10-16/h12-13H,4-11,14H2,1-3H3. The predicted molar refractivity (Wildman–Crippen MR) is 70.6 cm³/mol. The maximum atomic E-state index is 5.97. The molecule has 3 heteroatoms. The van der Waals surface area contributed by atoms with E-state index in [1.165, 1.54) is 45.6 Å². The van der Waals surface area contributed by atoms with Gasteiger partial charge in [-0.1, -0.05) is 33.6 Å². The van der Waals surface area contributed by atoms with Crippen LogP contribution in [0.4, 0.5) is 0 Å². The molecular formula is C13H29N3. The van der Waals surface area contributed by atoms with Gasteiger partial charge >= 0.3 is 0 Å². The second-order valence-electron chi connectivity index (χ2n) is 4.85. The topological polar surface area (TPSA) is 32.5 Å². The van der Waals surface area contributed by atoms with Crippen molar-refractivity contribution in [2.24, 2.45) is 11.7 Å². The van der Waals surface area contributed by atoms with E-state index < -0.39 is 0 Å². The number of piperazine rings is 1. The summed E-state index contributed by atoms with van der Waals surface area (Å²) >= 11 is 0. The summed E-state index contributed by atoms with van der Waals surface area (Å²) in [5, 5.41) is 0. The molecule has 1 saturated heterocycles. The molecule has 0 bridgehead atoms. The smallest absolute Gasteiger partial charge is 0.0247 e. The Labute approximate surface area is 101 Å². The van der Waals surface area contributed by atoms with Gasteiger partial charge in [0.15, 0.2) is 0 Å². The van der Waals surface area contributed by atoms with Gasteiger partial charge in [0.2, 0.25) is 0 Å². The Bertz CT molecular complexity index is 172. The SMILES string of the molecule is CCC(CC)C(CN)N1CCN(CC)CC1. The van der Waals surface area contributed by atoms with Crippen LogP contribution in [0, 0.1) is 5.92 Å². The van der Waals surface area contributed by atoms with E-state index in [4.69, 9.17) is 5.73 Å². The molecule has 0 aliphatic carbocycles. The Kier molecular flexibility index (Phi) is 6.32. The third-order valence-corrected chi connectivity index (χ3v) is 4.16. The van der Waals surface area contributed by atoms with E-state index in [1.807, 2.05) is 0 Å². The van der Waals surface area contributed by atoms with Crippen molar-refractivity contribution < 1.29 is 0 Å². The van der Waals surface area contributed by atoms with E-state index in [2.05, 4.69) is 30.6 Å². The summed E-state index contributed by atoms with van der Waals surface area (Å²) in [6.07, 6.45) is 2.51. The molecule has 0 spiro atoms. The first-order valence-electron chi connectivity index (χ1n) is 6.93. The monoisotopic (exact) mass is 227 g/mol. The van der Waals surface area contributed by atoms with Crippen molar-refractivity contribution in [2.45, 2.75) is 39.7 Å². The molecule has 0 aromatic heterocycles. The molecule has 96 valence electrons. The van der Waals surface area contributed by atoms with Crippen molar-refractivity contribution in [2.75, 3.05) is 39.3 Å². The minimum absolute atomic E-state index is 0.606. The Balaban J connectivity index is 2.48. The lowest BCUT2D eigenvalue weighted by Gasteiger charge is -2.41. The summed E-state index contributed by atoms with van der Waals surface area (Å²) in [5.74, 6) is 0.776. The normalized spacial score (nSPS) is 21.6. The van der Waals surface area contributed by atoms with Gasteiger partial charge in [0.1, 0.15) is 0 Å². The molecule has 0 radical (unpaired) electrons. The zero-order valence-corrected chi connectivity index (χ0v) is 11.3. The van der Waals surface area contributed by atoms with E-state index in [0.29, 0.717) is 6.04 Å². The Morgan fingerprint density at radius 2 is 1.56 bits per heavy atom. The van der Waals surface area contributed by atoms with Gasteiger partial charge in [0, 0.05) is 38.8 Å². The van der Waals surface area contributed by atoms with Gasteiger partial charge in [-0.15, -0.1) is 0 Å². The quantitative estimate of drug-likeness (QED) is 0.744. The van der Waals surface area contributed by atoms with Crippen LogP contribution in [-0.4, -0.2) is 55.1 Å². The van der Waals surface area contributed by atoms with Crippen molar-refractivity contribution >= 4 is 0 Å². The van der Waals surface area contributed by atoms with E-state index in [0.717, 1.165) is 12.5 Å². The third kappa shape index (κ3) is 3.44. The number of hydrogen-bond donors (Lipinski definition) is 1. The summed E-state index contributed by atoms with van der Waals surface area (Å²) in [5.41, 5.74) is 5.97. The highest BCUT2D eigenvalue weighted by molar-refractivity contribution is 4.83. The molecule has 0 aromatic carbocycles. The molecule has 1 heterocycles. The number of nitrogens with two attached hydrogens (primary N) is 1. The van der Waals surface area contributed by atoms with Gasteiger partial charge in [-0.05, 0) is 12.5 Å². The van der Waals surface area contributed by atoms with Crippen molar-refractivity contribution in [1.82, 2.24) is 9.80 Å². The zero-order valence-electron chi connectivity index (χ0n) is 11.3. The van der Waals surface area contributed by atoms with E-state index >= 15 is 0 Å². The lowest BCUT2D eigenvalue weighted by molar-refractivity contribution is 0.0726. The molecule has 1 rings (SSSR count). The van der Waals surface area contributed by atoms with E-state index in [1.54, 1.807) is 0 Å². The summed E-state index contributed by atoms with van der Waals surface area (Å²) in [6, 6.07) is 0.606. The van der Waals surface area contributed by atoms with Crippen LogP contribution in [0.25, 0.3) is 0 Å². The molecule has 1 atom stereocenters. The van der Waals surface area contributed by atoms with Crippen LogP contribution in [0.1, 0.15) is 33.6 Å². The minimum Gasteiger partial charge on any atom is -0.329 e.